The van der Waals surface area contributed by atoms with Gasteiger partial charge in [-0.15, -0.1) is 0 Å². The van der Waals surface area contributed by atoms with Gasteiger partial charge in [-0.05, 0) is 49.7 Å². The Bertz CT molecular complexity index is 838. The molecule has 0 saturated carbocycles. The first-order valence-electron chi connectivity index (χ1n) is 9.46. The third-order valence-electron chi connectivity index (χ3n) is 4.41. The van der Waals surface area contributed by atoms with Gasteiger partial charge in [0, 0.05) is 25.3 Å². The molecular formula is C22H28N2O5. The number of hydrogen-bond acceptors (Lipinski definition) is 6. The quantitative estimate of drug-likeness (QED) is 0.618. The van der Waals surface area contributed by atoms with Gasteiger partial charge in [0.05, 0.1) is 19.8 Å². The summed E-state index contributed by atoms with van der Waals surface area (Å²) < 4.78 is 15.4. The minimum atomic E-state index is -0.601. The third-order valence-corrected chi connectivity index (χ3v) is 4.41. The zero-order valence-electron chi connectivity index (χ0n) is 17.4. The number of aryl methyl sites for hydroxylation is 1. The Labute approximate surface area is 171 Å². The molecule has 0 spiro atoms. The van der Waals surface area contributed by atoms with Crippen molar-refractivity contribution in [3.63, 3.8) is 0 Å². The van der Waals surface area contributed by atoms with E-state index in [9.17, 15) is 9.59 Å². The second-order valence-corrected chi connectivity index (χ2v) is 6.41. The van der Waals surface area contributed by atoms with E-state index in [4.69, 9.17) is 14.2 Å². The standard InChI is InChI=1S/C22H28N2O5/c1-5-24(18-8-6-7-16(2)13-18)12-11-23-21(25)15-29-22(26)17-9-10-19(27-3)20(14-17)28-4/h6-10,13-14H,5,11-12,15H2,1-4H3,(H,23,25). The number of hydrogen-bond donors (Lipinski definition) is 1. The average molecular weight is 400 g/mol. The van der Waals surface area contributed by atoms with Gasteiger partial charge >= 0.3 is 5.97 Å². The molecule has 0 unspecified atom stereocenters. The number of nitrogens with zero attached hydrogens (tertiary/aromatic N) is 1. The molecule has 2 aromatic carbocycles. The van der Waals surface area contributed by atoms with Crippen LogP contribution in [-0.4, -0.2) is 52.3 Å². The first kappa shape index (κ1) is 22.1. The van der Waals surface area contributed by atoms with Crippen LogP contribution in [-0.2, 0) is 9.53 Å². The number of anilines is 1. The topological polar surface area (TPSA) is 77.1 Å². The number of likely N-dealkylation sites (N-methyl/N-ethyl adjacent to an activating group) is 1. The summed E-state index contributed by atoms with van der Waals surface area (Å²) in [5, 5.41) is 2.78. The van der Waals surface area contributed by atoms with E-state index in [1.807, 2.05) is 25.1 Å². The van der Waals surface area contributed by atoms with Crippen molar-refractivity contribution in [3.8, 4) is 11.5 Å². The van der Waals surface area contributed by atoms with E-state index in [0.717, 1.165) is 12.2 Å². The lowest BCUT2D eigenvalue weighted by molar-refractivity contribution is -0.124. The van der Waals surface area contributed by atoms with Crippen LogP contribution in [0.1, 0.15) is 22.8 Å². The zero-order valence-corrected chi connectivity index (χ0v) is 17.4. The molecule has 7 heteroatoms. The highest BCUT2D eigenvalue weighted by molar-refractivity contribution is 5.92. The van der Waals surface area contributed by atoms with E-state index in [1.165, 1.54) is 25.8 Å². The van der Waals surface area contributed by atoms with E-state index in [2.05, 4.69) is 23.2 Å². The largest absolute Gasteiger partial charge is 0.493 e. The van der Waals surface area contributed by atoms with Crippen molar-refractivity contribution in [3.05, 3.63) is 53.6 Å². The Morgan fingerprint density at radius 3 is 2.45 bits per heavy atom. The van der Waals surface area contributed by atoms with Gasteiger partial charge in [-0.2, -0.15) is 0 Å². The molecular weight excluding hydrogens is 372 g/mol. The molecule has 1 N–H and O–H groups in total. The lowest BCUT2D eigenvalue weighted by atomic mass is 10.2. The highest BCUT2D eigenvalue weighted by atomic mass is 16.5. The molecule has 2 rings (SSSR count). The molecule has 2 aromatic rings. The summed E-state index contributed by atoms with van der Waals surface area (Å²) in [5.41, 5.74) is 2.58. The first-order valence-corrected chi connectivity index (χ1v) is 9.46. The predicted molar refractivity (Wildman–Crippen MR) is 112 cm³/mol. The molecule has 0 radical (unpaired) electrons. The first-order chi connectivity index (χ1) is 14.0. The molecule has 0 saturated heterocycles. The molecule has 7 nitrogen and oxygen atoms in total. The zero-order chi connectivity index (χ0) is 21.2. The summed E-state index contributed by atoms with van der Waals surface area (Å²) in [6.07, 6.45) is 0. The normalized spacial score (nSPS) is 10.2. The average Bonchev–Trinajstić information content (AvgIpc) is 2.74. The number of methoxy groups -OCH3 is 2. The number of carbonyl (C=O) groups excluding carboxylic acids is 2. The van der Waals surface area contributed by atoms with Crippen LogP contribution in [0.15, 0.2) is 42.5 Å². The Morgan fingerprint density at radius 2 is 1.79 bits per heavy atom. The lowest BCUT2D eigenvalue weighted by Crippen LogP contribution is -2.36. The van der Waals surface area contributed by atoms with Crippen LogP contribution in [0, 0.1) is 6.92 Å². The second kappa shape index (κ2) is 10.9. The van der Waals surface area contributed by atoms with Crippen molar-refractivity contribution in [1.82, 2.24) is 5.32 Å². The number of esters is 1. The maximum Gasteiger partial charge on any atom is 0.338 e. The van der Waals surface area contributed by atoms with Crippen molar-refractivity contribution in [2.75, 3.05) is 45.4 Å². The molecule has 0 aliphatic carbocycles. The van der Waals surface area contributed by atoms with Crippen molar-refractivity contribution in [1.29, 1.82) is 0 Å². The van der Waals surface area contributed by atoms with Crippen molar-refractivity contribution >= 4 is 17.6 Å². The van der Waals surface area contributed by atoms with Crippen LogP contribution >= 0.6 is 0 Å². The fourth-order valence-electron chi connectivity index (χ4n) is 2.85. The van der Waals surface area contributed by atoms with Gasteiger partial charge in [0.15, 0.2) is 18.1 Å². The van der Waals surface area contributed by atoms with E-state index >= 15 is 0 Å². The van der Waals surface area contributed by atoms with Gasteiger partial charge in [-0.1, -0.05) is 12.1 Å². The Hall–Kier alpha value is -3.22. The Kier molecular flexibility index (Phi) is 8.33. The third kappa shape index (κ3) is 6.41. The van der Waals surface area contributed by atoms with E-state index in [1.54, 1.807) is 12.1 Å². The maximum absolute atomic E-state index is 12.2. The number of ether oxygens (including phenoxy) is 3. The molecule has 29 heavy (non-hydrogen) atoms. The van der Waals surface area contributed by atoms with Crippen LogP contribution in [0.5, 0.6) is 11.5 Å². The lowest BCUT2D eigenvalue weighted by Gasteiger charge is -2.23. The van der Waals surface area contributed by atoms with Gasteiger partial charge in [-0.25, -0.2) is 4.79 Å². The van der Waals surface area contributed by atoms with Gasteiger partial charge in [-0.3, -0.25) is 4.79 Å². The molecule has 0 fully saturated rings. The number of benzene rings is 2. The number of amides is 1. The smallest absolute Gasteiger partial charge is 0.338 e. The number of carbonyl (C=O) groups is 2. The van der Waals surface area contributed by atoms with Crippen molar-refractivity contribution < 1.29 is 23.8 Å². The highest BCUT2D eigenvalue weighted by Gasteiger charge is 2.14. The highest BCUT2D eigenvalue weighted by Crippen LogP contribution is 2.27. The summed E-state index contributed by atoms with van der Waals surface area (Å²) >= 11 is 0. The molecule has 1 amide bonds. The summed E-state index contributed by atoms with van der Waals surface area (Å²) in [7, 11) is 3.00. The minimum absolute atomic E-state index is 0.284. The monoisotopic (exact) mass is 400 g/mol. The molecule has 0 bridgehead atoms. The van der Waals surface area contributed by atoms with Gasteiger partial charge < -0.3 is 24.4 Å². The molecule has 0 aliphatic rings. The van der Waals surface area contributed by atoms with Crippen LogP contribution < -0.4 is 19.7 Å². The van der Waals surface area contributed by atoms with Crippen LogP contribution in [0.2, 0.25) is 0 Å². The van der Waals surface area contributed by atoms with Crippen molar-refractivity contribution in [2.45, 2.75) is 13.8 Å². The van der Waals surface area contributed by atoms with Gasteiger partial charge in [0.25, 0.3) is 5.91 Å². The second-order valence-electron chi connectivity index (χ2n) is 6.41. The van der Waals surface area contributed by atoms with Crippen molar-refractivity contribution in [2.24, 2.45) is 0 Å². The fourth-order valence-corrected chi connectivity index (χ4v) is 2.85. The molecule has 0 aliphatic heterocycles. The van der Waals surface area contributed by atoms with Gasteiger partial charge in [0.1, 0.15) is 0 Å². The molecule has 0 atom stereocenters. The van der Waals surface area contributed by atoms with Crippen LogP contribution in [0.25, 0.3) is 0 Å². The van der Waals surface area contributed by atoms with E-state index < -0.39 is 5.97 Å². The van der Waals surface area contributed by atoms with E-state index in [-0.39, 0.29) is 18.1 Å². The summed E-state index contributed by atoms with van der Waals surface area (Å²) in [4.78, 5) is 26.3. The number of nitrogens with one attached hydrogen (secondary N) is 1. The molecule has 0 aromatic heterocycles. The van der Waals surface area contributed by atoms with E-state index in [0.29, 0.717) is 24.6 Å². The fraction of sp³-hybridized carbons (Fsp3) is 0.364. The minimum Gasteiger partial charge on any atom is -0.493 e. The van der Waals surface area contributed by atoms with Gasteiger partial charge in [0.2, 0.25) is 0 Å². The predicted octanol–water partition coefficient (Wildman–Crippen LogP) is 2.81. The molecule has 0 heterocycles. The summed E-state index contributed by atoms with van der Waals surface area (Å²) in [6, 6.07) is 12.9. The molecule has 156 valence electrons. The summed E-state index contributed by atoms with van der Waals surface area (Å²) in [5.74, 6) is -0.0201. The van der Waals surface area contributed by atoms with Crippen LogP contribution in [0.4, 0.5) is 5.69 Å². The maximum atomic E-state index is 12.2. The number of rotatable bonds is 10. The Morgan fingerprint density at radius 1 is 1.03 bits per heavy atom. The summed E-state index contributed by atoms with van der Waals surface area (Å²) in [6.45, 7) is 5.71. The SMILES string of the molecule is CCN(CCNC(=O)COC(=O)c1ccc(OC)c(OC)c1)c1cccc(C)c1. The van der Waals surface area contributed by atoms with Crippen LogP contribution in [0.3, 0.4) is 0 Å². The Balaban J connectivity index is 1.80.